The molecule has 1 saturated carbocycles. The van der Waals surface area contributed by atoms with Crippen LogP contribution in [0.2, 0.25) is 0 Å². The number of fused-ring (bicyclic) bond motifs is 1. The van der Waals surface area contributed by atoms with Crippen LogP contribution in [0.4, 0.5) is 4.79 Å². The lowest BCUT2D eigenvalue weighted by atomic mass is 9.99. The summed E-state index contributed by atoms with van der Waals surface area (Å²) in [6, 6.07) is -0.360. The molecule has 3 atom stereocenters. The van der Waals surface area contributed by atoms with E-state index in [0.717, 1.165) is 0 Å². The molecular weight excluding hydrogens is 310 g/mol. The summed E-state index contributed by atoms with van der Waals surface area (Å²) in [5.74, 6) is 6.09. The van der Waals surface area contributed by atoms with E-state index in [0.29, 0.717) is 12.5 Å². The second-order valence-corrected chi connectivity index (χ2v) is 7.74. The Bertz CT molecular complexity index is 550. The van der Waals surface area contributed by atoms with Gasteiger partial charge in [0.15, 0.2) is 0 Å². The van der Waals surface area contributed by atoms with Gasteiger partial charge in [-0.3, -0.25) is 4.90 Å². The van der Waals surface area contributed by atoms with E-state index in [4.69, 9.17) is 18.9 Å². The van der Waals surface area contributed by atoms with Crippen LogP contribution in [0, 0.1) is 23.7 Å². The number of ether oxygens (including phenoxy) is 4. The first-order valence-electron chi connectivity index (χ1n) is 8.52. The van der Waals surface area contributed by atoms with Crippen molar-refractivity contribution in [1.29, 1.82) is 0 Å². The predicted molar refractivity (Wildman–Crippen MR) is 87.2 cm³/mol. The number of carbonyl (C=O) groups excluding carboxylic acids is 1. The highest BCUT2D eigenvalue weighted by Gasteiger charge is 2.62. The lowest BCUT2D eigenvalue weighted by Gasteiger charge is -2.36. The highest BCUT2D eigenvalue weighted by molar-refractivity contribution is 5.69. The average Bonchev–Trinajstić information content (AvgIpc) is 3.15. The zero-order valence-corrected chi connectivity index (χ0v) is 15.1. The maximum absolute atomic E-state index is 12.7. The van der Waals surface area contributed by atoms with Crippen LogP contribution in [-0.2, 0) is 18.9 Å². The van der Waals surface area contributed by atoms with Gasteiger partial charge in [-0.2, -0.15) is 0 Å². The van der Waals surface area contributed by atoms with Crippen LogP contribution in [-0.4, -0.2) is 61.9 Å². The van der Waals surface area contributed by atoms with E-state index in [1.807, 2.05) is 20.8 Å². The van der Waals surface area contributed by atoms with Gasteiger partial charge in [-0.1, -0.05) is 11.8 Å². The molecule has 1 aliphatic carbocycles. The zero-order chi connectivity index (χ0) is 17.5. The van der Waals surface area contributed by atoms with Gasteiger partial charge in [0.05, 0.1) is 12.0 Å². The van der Waals surface area contributed by atoms with Gasteiger partial charge >= 0.3 is 6.09 Å². The molecule has 1 amide bonds. The minimum atomic E-state index is -0.975. The maximum atomic E-state index is 12.7. The number of carbonyl (C=O) groups is 1. The van der Waals surface area contributed by atoms with Crippen molar-refractivity contribution >= 4 is 6.09 Å². The Morgan fingerprint density at radius 3 is 2.42 bits per heavy atom. The molecule has 24 heavy (non-hydrogen) atoms. The standard InChI is InChI=1S/C18H27NO5/c1-17(2,3)24-16(20)19-10-13(9-8-12-6-7-12)14-15(19)18(21-4,22-5)11-23-14/h12-15H,6-7,10-11H2,1-5H3. The fraction of sp³-hybridized carbons (Fsp3) is 0.833. The summed E-state index contributed by atoms with van der Waals surface area (Å²) in [5.41, 5.74) is -0.563. The SMILES string of the molecule is COC1(OC)COC2C(C#CC3CC3)CN(C(=O)OC(C)(C)C)C21. The average molecular weight is 337 g/mol. The van der Waals surface area contributed by atoms with Crippen molar-refractivity contribution in [2.24, 2.45) is 11.8 Å². The molecule has 0 aromatic carbocycles. The summed E-state index contributed by atoms with van der Waals surface area (Å²) in [6.45, 7) is 6.31. The molecule has 3 fully saturated rings. The molecule has 0 spiro atoms. The summed E-state index contributed by atoms with van der Waals surface area (Å²) in [7, 11) is 3.15. The molecule has 3 aliphatic rings. The highest BCUT2D eigenvalue weighted by atomic mass is 16.7. The smallest absolute Gasteiger partial charge is 0.410 e. The van der Waals surface area contributed by atoms with Crippen molar-refractivity contribution < 1.29 is 23.7 Å². The largest absolute Gasteiger partial charge is 0.444 e. The Labute approximate surface area is 143 Å². The Hall–Kier alpha value is -1.29. The molecular formula is C18H27NO5. The van der Waals surface area contributed by atoms with E-state index in [2.05, 4.69) is 11.8 Å². The molecule has 2 heterocycles. The number of methoxy groups -OCH3 is 2. The Kier molecular flexibility index (Phi) is 4.54. The van der Waals surface area contributed by atoms with E-state index in [-0.39, 0.29) is 30.8 Å². The predicted octanol–water partition coefficient (Wildman–Crippen LogP) is 2.02. The molecule has 3 rings (SSSR count). The van der Waals surface area contributed by atoms with Gasteiger partial charge in [0, 0.05) is 26.7 Å². The summed E-state index contributed by atoms with van der Waals surface area (Å²) >= 11 is 0. The van der Waals surface area contributed by atoms with E-state index >= 15 is 0 Å². The first-order chi connectivity index (χ1) is 11.3. The monoisotopic (exact) mass is 337 g/mol. The molecule has 3 unspecified atom stereocenters. The molecule has 0 N–H and O–H groups in total. The second kappa shape index (κ2) is 6.21. The molecule has 0 aromatic heterocycles. The normalized spacial score (nSPS) is 31.4. The van der Waals surface area contributed by atoms with Gasteiger partial charge < -0.3 is 18.9 Å². The van der Waals surface area contributed by atoms with Crippen molar-refractivity contribution in [2.45, 2.75) is 57.1 Å². The Morgan fingerprint density at radius 1 is 1.21 bits per heavy atom. The molecule has 2 aliphatic heterocycles. The highest BCUT2D eigenvalue weighted by Crippen LogP contribution is 2.42. The molecule has 2 saturated heterocycles. The molecule has 0 aromatic rings. The van der Waals surface area contributed by atoms with Crippen LogP contribution < -0.4 is 0 Å². The molecule has 134 valence electrons. The van der Waals surface area contributed by atoms with Crippen molar-refractivity contribution in [3.8, 4) is 11.8 Å². The number of hydrogen-bond acceptors (Lipinski definition) is 5. The van der Waals surface area contributed by atoms with Gasteiger partial charge in [-0.15, -0.1) is 0 Å². The third-order valence-electron chi connectivity index (χ3n) is 4.73. The van der Waals surface area contributed by atoms with Crippen LogP contribution in [0.3, 0.4) is 0 Å². The third-order valence-corrected chi connectivity index (χ3v) is 4.73. The van der Waals surface area contributed by atoms with Crippen LogP contribution >= 0.6 is 0 Å². The van der Waals surface area contributed by atoms with E-state index in [1.54, 1.807) is 19.1 Å². The first kappa shape index (κ1) is 17.5. The number of rotatable bonds is 2. The van der Waals surface area contributed by atoms with E-state index < -0.39 is 11.4 Å². The lowest BCUT2D eigenvalue weighted by molar-refractivity contribution is -0.224. The van der Waals surface area contributed by atoms with Gasteiger partial charge in [-0.25, -0.2) is 4.79 Å². The van der Waals surface area contributed by atoms with Crippen LogP contribution in [0.25, 0.3) is 0 Å². The summed E-state index contributed by atoms with van der Waals surface area (Å²) in [4.78, 5) is 14.4. The third kappa shape index (κ3) is 3.26. The first-order valence-corrected chi connectivity index (χ1v) is 8.52. The van der Waals surface area contributed by atoms with Crippen molar-refractivity contribution in [2.75, 3.05) is 27.4 Å². The van der Waals surface area contributed by atoms with Gasteiger partial charge in [0.2, 0.25) is 5.79 Å². The lowest BCUT2D eigenvalue weighted by Crippen LogP contribution is -2.55. The van der Waals surface area contributed by atoms with Gasteiger partial charge in [0.25, 0.3) is 0 Å². The second-order valence-electron chi connectivity index (χ2n) is 7.74. The fourth-order valence-electron chi connectivity index (χ4n) is 3.35. The summed E-state index contributed by atoms with van der Waals surface area (Å²) in [6.07, 6.45) is 1.75. The van der Waals surface area contributed by atoms with E-state index in [1.165, 1.54) is 12.8 Å². The summed E-state index contributed by atoms with van der Waals surface area (Å²) in [5, 5.41) is 0. The van der Waals surface area contributed by atoms with Crippen LogP contribution in [0.15, 0.2) is 0 Å². The fourth-order valence-corrected chi connectivity index (χ4v) is 3.35. The minimum absolute atomic E-state index is 0.0460. The molecule has 0 radical (unpaired) electrons. The van der Waals surface area contributed by atoms with Crippen LogP contribution in [0.1, 0.15) is 33.6 Å². The molecule has 0 bridgehead atoms. The van der Waals surface area contributed by atoms with Gasteiger partial charge in [0.1, 0.15) is 18.2 Å². The topological polar surface area (TPSA) is 57.2 Å². The van der Waals surface area contributed by atoms with E-state index in [9.17, 15) is 4.79 Å². The van der Waals surface area contributed by atoms with Crippen molar-refractivity contribution in [1.82, 2.24) is 4.90 Å². The quantitative estimate of drug-likeness (QED) is 0.570. The number of amides is 1. The molecule has 6 nitrogen and oxygen atoms in total. The van der Waals surface area contributed by atoms with Crippen molar-refractivity contribution in [3.63, 3.8) is 0 Å². The number of nitrogens with zero attached hydrogens (tertiary/aromatic N) is 1. The Morgan fingerprint density at radius 2 is 1.88 bits per heavy atom. The zero-order valence-electron chi connectivity index (χ0n) is 15.1. The van der Waals surface area contributed by atoms with Crippen molar-refractivity contribution in [3.05, 3.63) is 0 Å². The maximum Gasteiger partial charge on any atom is 0.410 e. The number of hydrogen-bond donors (Lipinski definition) is 0. The minimum Gasteiger partial charge on any atom is -0.444 e. The Balaban J connectivity index is 1.85. The van der Waals surface area contributed by atoms with Gasteiger partial charge in [-0.05, 0) is 33.6 Å². The molecule has 6 heteroatoms. The summed E-state index contributed by atoms with van der Waals surface area (Å²) < 4.78 is 22.7. The number of likely N-dealkylation sites (tertiary alicyclic amines) is 1. The van der Waals surface area contributed by atoms with Crippen LogP contribution in [0.5, 0.6) is 0 Å².